The van der Waals surface area contributed by atoms with E-state index in [0.29, 0.717) is 10.8 Å². The van der Waals surface area contributed by atoms with Crippen LogP contribution in [0.15, 0.2) is 59.5 Å². The normalized spacial score (nSPS) is 12.4. The monoisotopic (exact) mass is 264 g/mol. The van der Waals surface area contributed by atoms with Gasteiger partial charge in [0.1, 0.15) is 0 Å². The molecule has 0 saturated heterocycles. The van der Waals surface area contributed by atoms with Gasteiger partial charge in [0.15, 0.2) is 0 Å². The molecule has 0 spiro atoms. The van der Waals surface area contributed by atoms with Gasteiger partial charge in [0.2, 0.25) is 0 Å². The molecule has 0 bridgehead atoms. The molecule has 0 saturated carbocycles. The van der Waals surface area contributed by atoms with Gasteiger partial charge in [-0.05, 0) is 29.8 Å². The van der Waals surface area contributed by atoms with Crippen molar-refractivity contribution in [2.45, 2.75) is 11.0 Å². The summed E-state index contributed by atoms with van der Waals surface area (Å²) < 4.78 is 0. The molecule has 0 aliphatic heterocycles. The molecule has 0 radical (unpaired) electrons. The Kier molecular flexibility index (Phi) is 4.49. The maximum atomic E-state index is 10.0. The van der Waals surface area contributed by atoms with Crippen molar-refractivity contribution in [3.05, 3.63) is 65.2 Å². The van der Waals surface area contributed by atoms with Crippen LogP contribution in [0.3, 0.4) is 0 Å². The van der Waals surface area contributed by atoms with Crippen LogP contribution >= 0.6 is 23.4 Å². The third-order valence-electron chi connectivity index (χ3n) is 2.38. The van der Waals surface area contributed by atoms with E-state index in [-0.39, 0.29) is 0 Å². The molecule has 2 aromatic rings. The molecule has 0 heterocycles. The van der Waals surface area contributed by atoms with Gasteiger partial charge in [0, 0.05) is 15.7 Å². The summed E-state index contributed by atoms with van der Waals surface area (Å²) in [6, 6.07) is 17.4. The molecule has 0 amide bonds. The highest BCUT2D eigenvalue weighted by molar-refractivity contribution is 7.99. The van der Waals surface area contributed by atoms with Gasteiger partial charge in [-0.15, -0.1) is 11.8 Å². The maximum Gasteiger partial charge on any atom is 0.0884 e. The highest BCUT2D eigenvalue weighted by Crippen LogP contribution is 2.25. The standard InChI is InChI=1S/C14H13ClOS/c15-12-6-4-5-11(9-12)14(16)10-17-13-7-2-1-3-8-13/h1-9,14,16H,10H2. The smallest absolute Gasteiger partial charge is 0.0884 e. The Morgan fingerprint density at radius 3 is 2.53 bits per heavy atom. The van der Waals surface area contributed by atoms with E-state index in [9.17, 15) is 5.11 Å². The Morgan fingerprint density at radius 1 is 1.06 bits per heavy atom. The molecule has 17 heavy (non-hydrogen) atoms. The minimum atomic E-state index is -0.487. The summed E-state index contributed by atoms with van der Waals surface area (Å²) in [5, 5.41) is 10.7. The van der Waals surface area contributed by atoms with E-state index in [1.165, 1.54) is 0 Å². The molecule has 2 aromatic carbocycles. The van der Waals surface area contributed by atoms with Crippen molar-refractivity contribution in [3.63, 3.8) is 0 Å². The van der Waals surface area contributed by atoms with Crippen molar-refractivity contribution in [2.75, 3.05) is 5.75 Å². The van der Waals surface area contributed by atoms with E-state index in [0.717, 1.165) is 10.5 Å². The van der Waals surface area contributed by atoms with Gasteiger partial charge >= 0.3 is 0 Å². The molecule has 1 atom stereocenters. The average Bonchev–Trinajstić information content (AvgIpc) is 2.37. The van der Waals surface area contributed by atoms with Crippen molar-refractivity contribution in [1.82, 2.24) is 0 Å². The summed E-state index contributed by atoms with van der Waals surface area (Å²) in [7, 11) is 0. The number of thioether (sulfide) groups is 1. The summed E-state index contributed by atoms with van der Waals surface area (Å²) in [6.07, 6.45) is -0.487. The zero-order valence-electron chi connectivity index (χ0n) is 9.21. The molecular weight excluding hydrogens is 252 g/mol. The lowest BCUT2D eigenvalue weighted by Crippen LogP contribution is -2.00. The number of benzene rings is 2. The van der Waals surface area contributed by atoms with E-state index in [1.54, 1.807) is 17.8 Å². The van der Waals surface area contributed by atoms with Gasteiger partial charge in [-0.1, -0.05) is 41.9 Å². The number of halogens is 1. The van der Waals surface area contributed by atoms with Crippen molar-refractivity contribution in [2.24, 2.45) is 0 Å². The third-order valence-corrected chi connectivity index (χ3v) is 3.71. The fraction of sp³-hybridized carbons (Fsp3) is 0.143. The lowest BCUT2D eigenvalue weighted by molar-refractivity contribution is 0.204. The van der Waals surface area contributed by atoms with Crippen LogP contribution < -0.4 is 0 Å². The van der Waals surface area contributed by atoms with E-state index in [1.807, 2.05) is 48.5 Å². The Balaban J connectivity index is 1.96. The van der Waals surface area contributed by atoms with Crippen LogP contribution in [0.5, 0.6) is 0 Å². The molecule has 2 rings (SSSR count). The van der Waals surface area contributed by atoms with Crippen molar-refractivity contribution >= 4 is 23.4 Å². The van der Waals surface area contributed by atoms with Gasteiger partial charge in [-0.2, -0.15) is 0 Å². The van der Waals surface area contributed by atoms with Crippen LogP contribution in [0.4, 0.5) is 0 Å². The lowest BCUT2D eigenvalue weighted by atomic mass is 10.1. The topological polar surface area (TPSA) is 20.2 Å². The molecule has 0 aliphatic rings. The van der Waals surface area contributed by atoms with Gasteiger partial charge in [-0.3, -0.25) is 0 Å². The first kappa shape index (κ1) is 12.5. The SMILES string of the molecule is OC(CSc1ccccc1)c1cccc(Cl)c1. The second kappa shape index (κ2) is 6.10. The first-order valence-electron chi connectivity index (χ1n) is 5.37. The van der Waals surface area contributed by atoms with Crippen LogP contribution in [-0.2, 0) is 0 Å². The van der Waals surface area contributed by atoms with Crippen LogP contribution in [-0.4, -0.2) is 10.9 Å². The summed E-state index contributed by atoms with van der Waals surface area (Å²) in [5.41, 5.74) is 0.862. The van der Waals surface area contributed by atoms with Crippen LogP contribution in [0.1, 0.15) is 11.7 Å². The largest absolute Gasteiger partial charge is 0.388 e. The number of hydrogen-bond donors (Lipinski definition) is 1. The number of aliphatic hydroxyl groups excluding tert-OH is 1. The molecule has 0 aromatic heterocycles. The number of hydrogen-bond acceptors (Lipinski definition) is 2. The summed E-state index contributed by atoms with van der Waals surface area (Å²) in [4.78, 5) is 1.16. The predicted octanol–water partition coefficient (Wildman–Crippen LogP) is 4.17. The van der Waals surface area contributed by atoms with Crippen molar-refractivity contribution < 1.29 is 5.11 Å². The number of rotatable bonds is 4. The van der Waals surface area contributed by atoms with Gasteiger partial charge < -0.3 is 5.11 Å². The van der Waals surface area contributed by atoms with Crippen molar-refractivity contribution in [1.29, 1.82) is 0 Å². The van der Waals surface area contributed by atoms with Crippen LogP contribution in [0.25, 0.3) is 0 Å². The highest BCUT2D eigenvalue weighted by Gasteiger charge is 2.08. The summed E-state index contributed by atoms with van der Waals surface area (Å²) >= 11 is 7.52. The molecule has 1 nitrogen and oxygen atoms in total. The Bertz CT molecular complexity index is 473. The van der Waals surface area contributed by atoms with Gasteiger partial charge in [-0.25, -0.2) is 0 Å². The zero-order valence-corrected chi connectivity index (χ0v) is 10.8. The summed E-state index contributed by atoms with van der Waals surface area (Å²) in [6.45, 7) is 0. The second-order valence-corrected chi connectivity index (χ2v) is 5.22. The van der Waals surface area contributed by atoms with Crippen LogP contribution in [0.2, 0.25) is 5.02 Å². The van der Waals surface area contributed by atoms with E-state index in [2.05, 4.69) is 0 Å². The lowest BCUT2D eigenvalue weighted by Gasteiger charge is -2.10. The fourth-order valence-electron chi connectivity index (χ4n) is 1.50. The molecule has 0 fully saturated rings. The summed E-state index contributed by atoms with van der Waals surface area (Å²) in [5.74, 6) is 0.629. The maximum absolute atomic E-state index is 10.0. The molecule has 88 valence electrons. The third kappa shape index (κ3) is 3.77. The van der Waals surface area contributed by atoms with Crippen molar-refractivity contribution in [3.8, 4) is 0 Å². The Morgan fingerprint density at radius 2 is 1.82 bits per heavy atom. The average molecular weight is 265 g/mol. The molecule has 3 heteroatoms. The first-order valence-corrected chi connectivity index (χ1v) is 6.73. The molecule has 0 aliphatic carbocycles. The highest BCUT2D eigenvalue weighted by atomic mass is 35.5. The molecule has 1 N–H and O–H groups in total. The second-order valence-electron chi connectivity index (χ2n) is 3.69. The molecular formula is C14H13ClOS. The first-order chi connectivity index (χ1) is 8.25. The minimum Gasteiger partial charge on any atom is -0.388 e. The van der Waals surface area contributed by atoms with Gasteiger partial charge in [0.25, 0.3) is 0 Å². The fourth-order valence-corrected chi connectivity index (χ4v) is 2.59. The Labute approximate surface area is 110 Å². The quantitative estimate of drug-likeness (QED) is 0.837. The van der Waals surface area contributed by atoms with Crippen LogP contribution in [0, 0.1) is 0 Å². The van der Waals surface area contributed by atoms with Gasteiger partial charge in [0.05, 0.1) is 6.10 Å². The minimum absolute atomic E-state index is 0.487. The molecule has 1 unspecified atom stereocenters. The predicted molar refractivity (Wildman–Crippen MR) is 73.6 cm³/mol. The zero-order chi connectivity index (χ0) is 12.1. The number of aliphatic hydroxyl groups is 1. The van der Waals surface area contributed by atoms with E-state index < -0.39 is 6.10 Å². The Hall–Kier alpha value is -0.960. The van der Waals surface area contributed by atoms with E-state index >= 15 is 0 Å². The van der Waals surface area contributed by atoms with E-state index in [4.69, 9.17) is 11.6 Å².